The maximum absolute atomic E-state index is 12.9. The number of hydrogen-bond donors (Lipinski definition) is 1. The van der Waals surface area contributed by atoms with Crippen molar-refractivity contribution in [3.8, 4) is 0 Å². The molecular weight excluding hydrogens is 336 g/mol. The Hall–Kier alpha value is -1.40. The minimum atomic E-state index is -3.50. The van der Waals surface area contributed by atoms with Crippen LogP contribution in [0.15, 0.2) is 23.1 Å². The van der Waals surface area contributed by atoms with Crippen LogP contribution in [0.2, 0.25) is 0 Å². The third kappa shape index (κ3) is 4.61. The summed E-state index contributed by atoms with van der Waals surface area (Å²) >= 11 is 0. The van der Waals surface area contributed by atoms with E-state index in [0.29, 0.717) is 36.7 Å². The van der Waals surface area contributed by atoms with Crippen LogP contribution in [-0.4, -0.2) is 37.8 Å². The lowest BCUT2D eigenvalue weighted by molar-refractivity contribution is -0.127. The van der Waals surface area contributed by atoms with Gasteiger partial charge in [0.1, 0.15) is 0 Å². The van der Waals surface area contributed by atoms with Gasteiger partial charge in [0.25, 0.3) is 0 Å². The van der Waals surface area contributed by atoms with Crippen molar-refractivity contribution in [2.75, 3.05) is 13.1 Å². The number of nitrogens with one attached hydrogen (secondary N) is 1. The summed E-state index contributed by atoms with van der Waals surface area (Å²) in [5, 5.41) is 3.04. The van der Waals surface area contributed by atoms with E-state index in [-0.39, 0.29) is 17.9 Å². The smallest absolute Gasteiger partial charge is 0.243 e. The Morgan fingerprint density at radius 1 is 1.16 bits per heavy atom. The first kappa shape index (κ1) is 19.9. The summed E-state index contributed by atoms with van der Waals surface area (Å²) in [5.41, 5.74) is 1.69. The number of carbonyl (C=O) groups excluding carboxylic acids is 1. The molecule has 1 heterocycles. The van der Waals surface area contributed by atoms with E-state index >= 15 is 0 Å². The molecule has 0 unspecified atom stereocenters. The van der Waals surface area contributed by atoms with E-state index in [0.717, 1.165) is 11.1 Å². The Bertz CT molecular complexity index is 720. The number of sulfonamides is 1. The van der Waals surface area contributed by atoms with Crippen molar-refractivity contribution < 1.29 is 13.2 Å². The predicted molar refractivity (Wildman–Crippen MR) is 99.8 cm³/mol. The second-order valence-corrected chi connectivity index (χ2v) is 9.39. The van der Waals surface area contributed by atoms with E-state index in [2.05, 4.69) is 19.2 Å². The molecule has 6 heteroatoms. The second-order valence-electron chi connectivity index (χ2n) is 7.49. The Morgan fingerprint density at radius 3 is 2.32 bits per heavy atom. The molecule has 0 saturated carbocycles. The average molecular weight is 367 g/mol. The van der Waals surface area contributed by atoms with Crippen LogP contribution in [0.3, 0.4) is 0 Å². The highest BCUT2D eigenvalue weighted by Crippen LogP contribution is 2.26. The number of nitrogens with zero attached hydrogens (tertiary/aromatic N) is 1. The van der Waals surface area contributed by atoms with Gasteiger partial charge in [0.15, 0.2) is 0 Å². The van der Waals surface area contributed by atoms with Crippen molar-refractivity contribution in [1.29, 1.82) is 0 Å². The van der Waals surface area contributed by atoms with Crippen LogP contribution in [0.25, 0.3) is 0 Å². The Kier molecular flexibility index (Phi) is 6.27. The molecule has 1 aromatic rings. The average Bonchev–Trinajstić information content (AvgIpc) is 2.56. The predicted octanol–water partition coefficient (Wildman–Crippen LogP) is 2.86. The maximum atomic E-state index is 12.9. The molecule has 0 aromatic heterocycles. The van der Waals surface area contributed by atoms with Crippen molar-refractivity contribution in [1.82, 2.24) is 9.62 Å². The van der Waals surface area contributed by atoms with E-state index in [1.165, 1.54) is 4.31 Å². The van der Waals surface area contributed by atoms with Gasteiger partial charge in [-0.3, -0.25) is 4.79 Å². The van der Waals surface area contributed by atoms with E-state index in [4.69, 9.17) is 0 Å². The third-order valence-corrected chi connectivity index (χ3v) is 7.20. The van der Waals surface area contributed by atoms with Crippen LogP contribution in [0.5, 0.6) is 0 Å². The first-order chi connectivity index (χ1) is 11.6. The first-order valence-corrected chi connectivity index (χ1v) is 10.4. The summed E-state index contributed by atoms with van der Waals surface area (Å²) in [6, 6.07) is 5.62. The first-order valence-electron chi connectivity index (χ1n) is 9.00. The minimum absolute atomic E-state index is 0.0463. The lowest BCUT2D eigenvalue weighted by atomic mass is 9.96. The standard InChI is InChI=1S/C19H30N2O3S/c1-13(2)16(5)20-19(22)17-8-10-21(11-9-17)25(23,24)18-12-14(3)6-7-15(18)4/h6-7,12-13,16-17H,8-11H2,1-5H3,(H,20,22)/t16-/m1/s1. The summed E-state index contributed by atoms with van der Waals surface area (Å²) in [5.74, 6) is 0.324. The Morgan fingerprint density at radius 2 is 1.76 bits per heavy atom. The molecule has 1 aromatic carbocycles. The third-order valence-electron chi connectivity index (χ3n) is 5.16. The number of carbonyl (C=O) groups is 1. The van der Waals surface area contributed by atoms with Crippen LogP contribution in [0, 0.1) is 25.7 Å². The molecule has 1 amide bonds. The monoisotopic (exact) mass is 366 g/mol. The highest BCUT2D eigenvalue weighted by Gasteiger charge is 2.33. The Labute approximate surface area is 151 Å². The molecule has 0 spiro atoms. The van der Waals surface area contributed by atoms with E-state index in [1.54, 1.807) is 6.07 Å². The molecule has 0 bridgehead atoms. The summed E-state index contributed by atoms with van der Waals surface area (Å²) in [6.45, 7) is 10.6. The van der Waals surface area contributed by atoms with Crippen molar-refractivity contribution in [3.05, 3.63) is 29.3 Å². The molecule has 1 aliphatic heterocycles. The van der Waals surface area contributed by atoms with Crippen molar-refractivity contribution in [3.63, 3.8) is 0 Å². The second kappa shape index (κ2) is 7.87. The number of aryl methyl sites for hydroxylation is 2. The summed E-state index contributed by atoms with van der Waals surface area (Å²) < 4.78 is 27.4. The molecule has 25 heavy (non-hydrogen) atoms. The maximum Gasteiger partial charge on any atom is 0.243 e. The van der Waals surface area contributed by atoms with Crippen molar-refractivity contribution in [2.45, 2.75) is 58.4 Å². The van der Waals surface area contributed by atoms with E-state index < -0.39 is 10.0 Å². The van der Waals surface area contributed by atoms with E-state index in [1.807, 2.05) is 32.9 Å². The fraction of sp³-hybridized carbons (Fsp3) is 0.632. The molecule has 0 radical (unpaired) electrons. The molecule has 1 saturated heterocycles. The highest BCUT2D eigenvalue weighted by atomic mass is 32.2. The van der Waals surface area contributed by atoms with Gasteiger partial charge in [-0.25, -0.2) is 8.42 Å². The summed E-state index contributed by atoms with van der Waals surface area (Å²) in [7, 11) is -3.50. The van der Waals surface area contributed by atoms with Crippen LogP contribution >= 0.6 is 0 Å². The van der Waals surface area contributed by atoms with Gasteiger partial charge in [0, 0.05) is 25.0 Å². The zero-order valence-electron chi connectivity index (χ0n) is 15.9. The van der Waals surface area contributed by atoms with Gasteiger partial charge in [-0.15, -0.1) is 0 Å². The summed E-state index contributed by atoms with van der Waals surface area (Å²) in [6.07, 6.45) is 1.14. The molecule has 5 nitrogen and oxygen atoms in total. The van der Waals surface area contributed by atoms with Crippen LogP contribution in [0.1, 0.15) is 44.7 Å². The van der Waals surface area contributed by atoms with Gasteiger partial charge in [-0.2, -0.15) is 4.31 Å². The SMILES string of the molecule is Cc1ccc(C)c(S(=O)(=O)N2CCC(C(=O)N[C@H](C)C(C)C)CC2)c1. The minimum Gasteiger partial charge on any atom is -0.353 e. The quantitative estimate of drug-likeness (QED) is 0.871. The van der Waals surface area contributed by atoms with Crippen LogP contribution in [0.4, 0.5) is 0 Å². The zero-order chi connectivity index (χ0) is 18.8. The van der Waals surface area contributed by atoms with E-state index in [9.17, 15) is 13.2 Å². The molecule has 140 valence electrons. The normalized spacial score (nSPS) is 18.3. The van der Waals surface area contributed by atoms with Crippen molar-refractivity contribution in [2.24, 2.45) is 11.8 Å². The van der Waals surface area contributed by atoms with Crippen LogP contribution < -0.4 is 5.32 Å². The van der Waals surface area contributed by atoms with Gasteiger partial charge < -0.3 is 5.32 Å². The summed E-state index contributed by atoms with van der Waals surface area (Å²) in [4.78, 5) is 12.7. The van der Waals surface area contributed by atoms with Gasteiger partial charge >= 0.3 is 0 Å². The molecule has 1 aliphatic rings. The Balaban J connectivity index is 2.04. The fourth-order valence-corrected chi connectivity index (χ4v) is 4.77. The topological polar surface area (TPSA) is 66.5 Å². The highest BCUT2D eigenvalue weighted by molar-refractivity contribution is 7.89. The van der Waals surface area contributed by atoms with Gasteiger partial charge in [0.05, 0.1) is 4.90 Å². The number of piperidine rings is 1. The van der Waals surface area contributed by atoms with Gasteiger partial charge in [-0.1, -0.05) is 26.0 Å². The van der Waals surface area contributed by atoms with Gasteiger partial charge in [-0.05, 0) is 56.7 Å². The fourth-order valence-electron chi connectivity index (χ4n) is 2.99. The molecule has 2 rings (SSSR count). The zero-order valence-corrected chi connectivity index (χ0v) is 16.7. The number of rotatable bonds is 5. The lowest BCUT2D eigenvalue weighted by Crippen LogP contribution is -2.45. The molecule has 1 atom stereocenters. The number of benzene rings is 1. The number of hydrogen-bond acceptors (Lipinski definition) is 3. The van der Waals surface area contributed by atoms with Crippen molar-refractivity contribution >= 4 is 15.9 Å². The molecule has 0 aliphatic carbocycles. The van der Waals surface area contributed by atoms with Gasteiger partial charge in [0.2, 0.25) is 15.9 Å². The lowest BCUT2D eigenvalue weighted by Gasteiger charge is -2.32. The molecular formula is C19H30N2O3S. The molecule has 1 fully saturated rings. The van der Waals surface area contributed by atoms with Crippen LogP contribution in [-0.2, 0) is 14.8 Å². The molecule has 1 N–H and O–H groups in total. The largest absolute Gasteiger partial charge is 0.353 e. The number of amides is 1.